The molecule has 0 saturated carbocycles. The van der Waals surface area contributed by atoms with Gasteiger partial charge < -0.3 is 0 Å². The molecule has 0 aliphatic carbocycles. The first kappa shape index (κ1) is 20.5. The number of aromatic nitrogens is 1. The summed E-state index contributed by atoms with van der Waals surface area (Å²) in [7, 11) is 0.0575. The van der Waals surface area contributed by atoms with Crippen molar-refractivity contribution in [2.45, 2.75) is 38.9 Å². The highest BCUT2D eigenvalue weighted by atomic mass is 28.3. The first-order valence-corrected chi connectivity index (χ1v) is 11.4. The summed E-state index contributed by atoms with van der Waals surface area (Å²) in [4.78, 5) is 0. The Hall–Kier alpha value is -1.83. The summed E-state index contributed by atoms with van der Waals surface area (Å²) in [6.07, 6.45) is -8.33. The lowest BCUT2D eigenvalue weighted by Crippen LogP contribution is -2.45. The Kier molecular flexibility index (Phi) is 5.04. The van der Waals surface area contributed by atoms with Gasteiger partial charge >= 0.3 is 12.4 Å². The number of rotatable bonds is 2. The number of halogens is 6. The fraction of sp³-hybridized carbons (Fsp3) is 0.389. The summed E-state index contributed by atoms with van der Waals surface area (Å²) in [5.74, 6) is 0. The van der Waals surface area contributed by atoms with Crippen LogP contribution in [0.4, 0.5) is 26.3 Å². The third-order valence-electron chi connectivity index (χ3n) is 4.25. The molecule has 2 rings (SSSR count). The van der Waals surface area contributed by atoms with Gasteiger partial charge in [0.25, 0.3) is 0 Å². The van der Waals surface area contributed by atoms with Crippen LogP contribution in [-0.2, 0) is 19.4 Å². The second-order valence-corrected chi connectivity index (χ2v) is 12.4. The molecule has 0 aliphatic heterocycles. The van der Waals surface area contributed by atoms with Crippen molar-refractivity contribution >= 4 is 13.3 Å². The molecule has 0 radical (unpaired) electrons. The molecule has 0 N–H and O–H groups in total. The van der Waals surface area contributed by atoms with Crippen molar-refractivity contribution < 1.29 is 30.9 Å². The van der Waals surface area contributed by atoms with E-state index < -0.39 is 31.6 Å². The Morgan fingerprint density at radius 1 is 0.846 bits per heavy atom. The molecule has 8 heteroatoms. The fourth-order valence-electron chi connectivity index (χ4n) is 2.78. The van der Waals surface area contributed by atoms with E-state index in [-0.39, 0.29) is 11.1 Å². The quantitative estimate of drug-likeness (QED) is 0.382. The minimum atomic E-state index is -5.09. The van der Waals surface area contributed by atoms with E-state index in [1.54, 1.807) is 17.7 Å². The Bertz CT molecular complexity index is 831. The molecular formula is C18H20F6NSi+. The molecule has 0 unspecified atom stereocenters. The molecule has 1 nitrogen and oxygen atoms in total. The molecule has 0 aliphatic rings. The average Bonchev–Trinajstić information content (AvgIpc) is 2.44. The van der Waals surface area contributed by atoms with Gasteiger partial charge in [-0.1, -0.05) is 25.7 Å². The standard InChI is InChI=1S/C18H20F6NSi/c1-11-8-14(17(19,20)21)15(18(22,23)24)9-13(11)16-7-6-12(10-25(16)2)26(3,4)5/h6-10H,1-5H3/q+1. The summed E-state index contributed by atoms with van der Waals surface area (Å²) < 4.78 is 80.5. The molecular weight excluding hydrogens is 372 g/mol. The predicted octanol–water partition coefficient (Wildman–Crippen LogP) is 5.07. The Labute approximate surface area is 149 Å². The third kappa shape index (κ3) is 4.11. The van der Waals surface area contributed by atoms with E-state index in [2.05, 4.69) is 19.6 Å². The van der Waals surface area contributed by atoms with Crippen LogP contribution in [0.3, 0.4) is 0 Å². The van der Waals surface area contributed by atoms with Gasteiger partial charge in [0.05, 0.1) is 19.2 Å². The molecule has 0 amide bonds. The highest BCUT2D eigenvalue weighted by molar-refractivity contribution is 6.88. The first-order chi connectivity index (χ1) is 11.6. The van der Waals surface area contributed by atoms with E-state index in [1.165, 1.54) is 6.92 Å². The summed E-state index contributed by atoms with van der Waals surface area (Å²) in [5.41, 5.74) is -2.62. The van der Waals surface area contributed by atoms with Crippen LogP contribution < -0.4 is 9.75 Å². The zero-order valence-electron chi connectivity index (χ0n) is 15.1. The van der Waals surface area contributed by atoms with Crippen LogP contribution in [0.5, 0.6) is 0 Å². The van der Waals surface area contributed by atoms with Crippen LogP contribution in [0.15, 0.2) is 30.5 Å². The molecule has 0 saturated heterocycles. The van der Waals surface area contributed by atoms with E-state index in [1.807, 2.05) is 12.3 Å². The molecule has 26 heavy (non-hydrogen) atoms. The number of alkyl halides is 6. The molecule has 0 spiro atoms. The van der Waals surface area contributed by atoms with Gasteiger partial charge in [-0.2, -0.15) is 26.3 Å². The number of aryl methyl sites for hydroxylation is 2. The maximum Gasteiger partial charge on any atom is 0.417 e. The van der Waals surface area contributed by atoms with Crippen LogP contribution in [0.1, 0.15) is 16.7 Å². The van der Waals surface area contributed by atoms with Gasteiger partial charge in [0.2, 0.25) is 5.69 Å². The highest BCUT2D eigenvalue weighted by Crippen LogP contribution is 2.42. The van der Waals surface area contributed by atoms with Gasteiger partial charge in [-0.25, -0.2) is 4.57 Å². The number of nitrogens with zero attached hydrogens (tertiary/aromatic N) is 1. The highest BCUT2D eigenvalue weighted by Gasteiger charge is 2.44. The van der Waals surface area contributed by atoms with Crippen molar-refractivity contribution in [3.8, 4) is 11.3 Å². The minimum Gasteiger partial charge on any atom is -0.201 e. The summed E-state index contributed by atoms with van der Waals surface area (Å²) >= 11 is 0. The van der Waals surface area contributed by atoms with Gasteiger partial charge in [0.15, 0.2) is 6.20 Å². The zero-order valence-corrected chi connectivity index (χ0v) is 16.1. The summed E-state index contributed by atoms with van der Waals surface area (Å²) in [5, 5.41) is 1.10. The molecule has 2 aromatic rings. The summed E-state index contributed by atoms with van der Waals surface area (Å²) in [6.45, 7) is 7.78. The fourth-order valence-corrected chi connectivity index (χ4v) is 3.95. The van der Waals surface area contributed by atoms with Crippen molar-refractivity contribution in [3.05, 3.63) is 47.2 Å². The van der Waals surface area contributed by atoms with Crippen molar-refractivity contribution in [2.75, 3.05) is 0 Å². The second kappa shape index (κ2) is 6.40. The normalized spacial score (nSPS) is 13.2. The van der Waals surface area contributed by atoms with Crippen LogP contribution in [-0.4, -0.2) is 8.07 Å². The number of pyridine rings is 1. The van der Waals surface area contributed by atoms with Crippen molar-refractivity contribution in [1.82, 2.24) is 0 Å². The van der Waals surface area contributed by atoms with Crippen molar-refractivity contribution in [2.24, 2.45) is 7.05 Å². The van der Waals surface area contributed by atoms with Gasteiger partial charge in [0.1, 0.15) is 7.05 Å². The van der Waals surface area contributed by atoms with Crippen molar-refractivity contribution in [1.29, 1.82) is 0 Å². The lowest BCUT2D eigenvalue weighted by Gasteiger charge is -2.19. The average molecular weight is 392 g/mol. The smallest absolute Gasteiger partial charge is 0.201 e. The SMILES string of the molecule is Cc1cc(C(F)(F)F)c(C(F)(F)F)cc1-c1ccc([Si](C)(C)C)c[n+]1C. The predicted molar refractivity (Wildman–Crippen MR) is 90.8 cm³/mol. The zero-order chi connectivity index (χ0) is 20.1. The summed E-state index contributed by atoms with van der Waals surface area (Å²) in [6, 6.07) is 4.68. The lowest BCUT2D eigenvalue weighted by molar-refractivity contribution is -0.659. The van der Waals surface area contributed by atoms with E-state index in [0.717, 1.165) is 5.19 Å². The number of hydrogen-bond acceptors (Lipinski definition) is 0. The van der Waals surface area contributed by atoms with Crippen LogP contribution >= 0.6 is 0 Å². The van der Waals surface area contributed by atoms with E-state index in [0.29, 0.717) is 17.8 Å². The molecule has 1 heterocycles. The number of hydrogen-bond donors (Lipinski definition) is 0. The van der Waals surface area contributed by atoms with Crippen molar-refractivity contribution in [3.63, 3.8) is 0 Å². The number of benzene rings is 1. The maximum absolute atomic E-state index is 13.2. The van der Waals surface area contributed by atoms with Gasteiger partial charge in [-0.05, 0) is 24.6 Å². The van der Waals surface area contributed by atoms with Crippen LogP contribution in [0.25, 0.3) is 11.3 Å². The second-order valence-electron chi connectivity index (χ2n) is 7.37. The topological polar surface area (TPSA) is 3.88 Å². The minimum absolute atomic E-state index is 0.134. The Balaban J connectivity index is 2.72. The molecule has 0 bridgehead atoms. The monoisotopic (exact) mass is 392 g/mol. The van der Waals surface area contributed by atoms with Gasteiger partial charge in [-0.3, -0.25) is 0 Å². The lowest BCUT2D eigenvalue weighted by atomic mass is 9.96. The van der Waals surface area contributed by atoms with E-state index in [9.17, 15) is 26.3 Å². The van der Waals surface area contributed by atoms with E-state index >= 15 is 0 Å². The maximum atomic E-state index is 13.2. The first-order valence-electron chi connectivity index (χ1n) is 7.92. The molecule has 1 aromatic heterocycles. The molecule has 142 valence electrons. The third-order valence-corrected chi connectivity index (χ3v) is 6.28. The largest absolute Gasteiger partial charge is 0.417 e. The molecule has 1 aromatic carbocycles. The molecule has 0 fully saturated rings. The molecule has 0 atom stereocenters. The van der Waals surface area contributed by atoms with Gasteiger partial charge in [-0.15, -0.1) is 0 Å². The Morgan fingerprint density at radius 2 is 1.35 bits per heavy atom. The van der Waals surface area contributed by atoms with Crippen LogP contribution in [0.2, 0.25) is 19.6 Å². The van der Waals surface area contributed by atoms with Gasteiger partial charge in [0, 0.05) is 16.8 Å². The van der Waals surface area contributed by atoms with E-state index in [4.69, 9.17) is 0 Å². The van der Waals surface area contributed by atoms with Crippen LogP contribution in [0, 0.1) is 6.92 Å². The Morgan fingerprint density at radius 3 is 1.77 bits per heavy atom.